The molecule has 0 aliphatic heterocycles. The first kappa shape index (κ1) is 19.5. The number of fused-ring (bicyclic) bond motifs is 2. The zero-order chi connectivity index (χ0) is 18.5. The van der Waals surface area contributed by atoms with E-state index in [-0.39, 0.29) is 11.7 Å². The second-order valence-corrected chi connectivity index (χ2v) is 8.89. The summed E-state index contributed by atoms with van der Waals surface area (Å²) < 4.78 is 21.1. The van der Waals surface area contributed by atoms with Crippen molar-refractivity contribution in [3.63, 3.8) is 0 Å². The van der Waals surface area contributed by atoms with E-state index >= 15 is 0 Å². The van der Waals surface area contributed by atoms with Gasteiger partial charge in [0.15, 0.2) is 4.32 Å². The molecule has 7 heteroatoms. The third-order valence-electron chi connectivity index (χ3n) is 5.53. The Bertz CT molecular complexity index is 665. The van der Waals surface area contributed by atoms with Gasteiger partial charge in [-0.3, -0.25) is 4.79 Å². The molecule has 2 aliphatic carbocycles. The predicted molar refractivity (Wildman–Crippen MR) is 100 cm³/mol. The smallest absolute Gasteiger partial charge is 0.251 e. The number of benzene rings is 1. The van der Waals surface area contributed by atoms with E-state index in [0.717, 1.165) is 5.56 Å². The summed E-state index contributed by atoms with van der Waals surface area (Å²) in [6.07, 6.45) is 0.531. The summed E-state index contributed by atoms with van der Waals surface area (Å²) in [6, 6.07) is 9.86. The molecule has 2 aliphatic rings. The number of Topliss-reactive ketones (excluding diaryl/α,β-unsaturated/α-hetero) is 1. The molecule has 0 saturated heterocycles. The fourth-order valence-corrected chi connectivity index (χ4v) is 7.62. The van der Waals surface area contributed by atoms with Crippen LogP contribution in [0.3, 0.4) is 0 Å². The van der Waals surface area contributed by atoms with Crippen LogP contribution in [0.1, 0.15) is 24.8 Å². The maximum Gasteiger partial charge on any atom is 0.251 e. The van der Waals surface area contributed by atoms with Crippen molar-refractivity contribution < 1.29 is 23.7 Å². The van der Waals surface area contributed by atoms with Crippen LogP contribution in [0, 0.1) is 0 Å². The molecule has 0 spiro atoms. The van der Waals surface area contributed by atoms with Gasteiger partial charge in [0.25, 0.3) is 5.79 Å². The van der Waals surface area contributed by atoms with E-state index in [2.05, 4.69) is 31.9 Å². The van der Waals surface area contributed by atoms with Crippen molar-refractivity contribution in [2.45, 2.75) is 39.5 Å². The van der Waals surface area contributed by atoms with Crippen LogP contribution in [0.4, 0.5) is 0 Å². The van der Waals surface area contributed by atoms with Crippen LogP contribution in [-0.4, -0.2) is 53.9 Å². The van der Waals surface area contributed by atoms with Gasteiger partial charge < -0.3 is 18.9 Å². The first-order chi connectivity index (χ1) is 11.8. The number of carbonyl (C=O) groups is 1. The summed E-state index contributed by atoms with van der Waals surface area (Å²) in [5.74, 6) is -3.24. The number of hydrogen-bond acceptors (Lipinski definition) is 5. The average Bonchev–Trinajstić information content (AvgIpc) is 2.91. The Balaban J connectivity index is 2.27. The Morgan fingerprint density at radius 2 is 1.68 bits per heavy atom. The molecule has 0 unspecified atom stereocenters. The largest absolute Gasteiger partial charge is 0.350 e. The van der Waals surface area contributed by atoms with Crippen LogP contribution in [0.2, 0.25) is 0 Å². The van der Waals surface area contributed by atoms with Crippen molar-refractivity contribution in [3.05, 3.63) is 35.9 Å². The van der Waals surface area contributed by atoms with Crippen molar-refractivity contribution in [1.82, 2.24) is 0 Å². The maximum absolute atomic E-state index is 13.7. The fourth-order valence-electron chi connectivity index (χ4n) is 4.59. The van der Waals surface area contributed by atoms with Gasteiger partial charge in [-0.15, -0.1) is 0 Å². The average molecular weight is 478 g/mol. The first-order valence-corrected chi connectivity index (χ1v) is 9.70. The zero-order valence-electron chi connectivity index (χ0n) is 14.7. The molecule has 25 heavy (non-hydrogen) atoms. The van der Waals surface area contributed by atoms with E-state index in [1.54, 1.807) is 0 Å². The van der Waals surface area contributed by atoms with Gasteiger partial charge in [0, 0.05) is 33.9 Å². The lowest BCUT2D eigenvalue weighted by molar-refractivity contribution is -0.271. The Kier molecular flexibility index (Phi) is 4.97. The van der Waals surface area contributed by atoms with Crippen molar-refractivity contribution in [3.8, 4) is 0 Å². The number of hydrogen-bond donors (Lipinski definition) is 0. The van der Waals surface area contributed by atoms with Gasteiger partial charge in [0.1, 0.15) is 4.32 Å². The molecule has 2 saturated carbocycles. The number of rotatable bonds is 6. The summed E-state index contributed by atoms with van der Waals surface area (Å²) in [7, 11) is 4.54. The quantitative estimate of drug-likeness (QED) is 0.464. The van der Waals surface area contributed by atoms with Gasteiger partial charge in [-0.25, -0.2) is 0 Å². The SMILES string of the molecule is CCO[C@@]1(OC)C(=O)[C@]2(Br)[C@H](c3ccccc3)C[C@@]1(Br)C2(OC)OC. The standard InChI is InChI=1S/C18H22Br2O5/c1-5-25-17(22-2)14(21)16(20)13(12-9-7-6-8-10-12)11-15(17,19)18(16,23-3)24-4/h6-10,13H,5,11H2,1-4H3/t13-,15-,16+,17-/m0/s1. The molecule has 2 bridgehead atoms. The number of alkyl halides is 2. The predicted octanol–water partition coefficient (Wildman–Crippen LogP) is 3.39. The van der Waals surface area contributed by atoms with Gasteiger partial charge in [0.2, 0.25) is 11.6 Å². The minimum atomic E-state index is -1.51. The minimum absolute atomic E-state index is 0.177. The topological polar surface area (TPSA) is 54.0 Å². The lowest BCUT2D eigenvalue weighted by atomic mass is 9.79. The first-order valence-electron chi connectivity index (χ1n) is 8.12. The molecule has 0 radical (unpaired) electrons. The Hall–Kier alpha value is -0.310. The highest BCUT2D eigenvalue weighted by Gasteiger charge is 2.91. The molecule has 0 amide bonds. The van der Waals surface area contributed by atoms with Gasteiger partial charge >= 0.3 is 0 Å². The number of methoxy groups -OCH3 is 3. The fraction of sp³-hybridized carbons (Fsp3) is 0.611. The van der Waals surface area contributed by atoms with Gasteiger partial charge in [-0.2, -0.15) is 0 Å². The third-order valence-corrected chi connectivity index (χ3v) is 8.33. The monoisotopic (exact) mass is 476 g/mol. The molecule has 0 heterocycles. The highest BCUT2D eigenvalue weighted by Crippen LogP contribution is 2.74. The van der Waals surface area contributed by atoms with E-state index in [0.29, 0.717) is 13.0 Å². The summed E-state index contributed by atoms with van der Waals surface area (Å²) in [4.78, 5) is 13.7. The normalized spacial score (nSPS) is 39.1. The minimum Gasteiger partial charge on any atom is -0.350 e. The molecule has 1 aromatic carbocycles. The molecule has 4 atom stereocenters. The van der Waals surface area contributed by atoms with Crippen molar-refractivity contribution in [2.24, 2.45) is 0 Å². The van der Waals surface area contributed by atoms with Gasteiger partial charge in [-0.1, -0.05) is 62.2 Å². The van der Waals surface area contributed by atoms with Gasteiger partial charge in [-0.05, 0) is 18.9 Å². The van der Waals surface area contributed by atoms with Crippen LogP contribution >= 0.6 is 31.9 Å². The van der Waals surface area contributed by atoms with E-state index in [4.69, 9.17) is 18.9 Å². The molecule has 5 nitrogen and oxygen atoms in total. The Morgan fingerprint density at radius 3 is 2.16 bits per heavy atom. The highest BCUT2D eigenvalue weighted by atomic mass is 79.9. The number of ketones is 1. The van der Waals surface area contributed by atoms with Gasteiger partial charge in [0.05, 0.1) is 0 Å². The summed E-state index contributed by atoms with van der Waals surface area (Å²) >= 11 is 7.51. The van der Waals surface area contributed by atoms with Crippen LogP contribution in [0.5, 0.6) is 0 Å². The maximum atomic E-state index is 13.7. The summed E-state index contributed by atoms with van der Waals surface area (Å²) in [5, 5.41) is 0. The Morgan fingerprint density at radius 1 is 1.08 bits per heavy atom. The van der Waals surface area contributed by atoms with Crippen LogP contribution in [0.25, 0.3) is 0 Å². The van der Waals surface area contributed by atoms with Crippen molar-refractivity contribution in [2.75, 3.05) is 27.9 Å². The van der Waals surface area contributed by atoms with E-state index in [1.807, 2.05) is 37.3 Å². The molecular formula is C18H22Br2O5. The zero-order valence-corrected chi connectivity index (χ0v) is 17.8. The van der Waals surface area contributed by atoms with Crippen LogP contribution in [0.15, 0.2) is 30.3 Å². The van der Waals surface area contributed by atoms with E-state index in [9.17, 15) is 4.79 Å². The van der Waals surface area contributed by atoms with Crippen molar-refractivity contribution in [1.29, 1.82) is 0 Å². The lowest BCUT2D eigenvalue weighted by Gasteiger charge is -2.44. The molecule has 2 fully saturated rings. The number of halogens is 2. The second kappa shape index (κ2) is 6.39. The van der Waals surface area contributed by atoms with E-state index in [1.165, 1.54) is 21.3 Å². The highest BCUT2D eigenvalue weighted by molar-refractivity contribution is 9.11. The lowest BCUT2D eigenvalue weighted by Crippen LogP contribution is -2.61. The number of carbonyl (C=O) groups excluding carboxylic acids is 1. The molecular weight excluding hydrogens is 456 g/mol. The third kappa shape index (κ3) is 2.00. The Labute approximate surface area is 164 Å². The molecule has 0 N–H and O–H groups in total. The van der Waals surface area contributed by atoms with Crippen LogP contribution < -0.4 is 0 Å². The molecule has 3 rings (SSSR count). The van der Waals surface area contributed by atoms with E-state index < -0.39 is 20.2 Å². The number of ether oxygens (including phenoxy) is 4. The second-order valence-electron chi connectivity index (χ2n) is 6.29. The molecule has 1 aromatic rings. The summed E-state index contributed by atoms with van der Waals surface area (Å²) in [5.41, 5.74) is 1.02. The molecule has 0 aromatic heterocycles. The van der Waals surface area contributed by atoms with Crippen LogP contribution in [-0.2, 0) is 23.7 Å². The summed E-state index contributed by atoms with van der Waals surface area (Å²) in [6.45, 7) is 2.14. The molecule has 138 valence electrons. The van der Waals surface area contributed by atoms with Crippen molar-refractivity contribution >= 4 is 37.6 Å².